The molecule has 0 saturated heterocycles. The molecule has 0 fully saturated rings. The van der Waals surface area contributed by atoms with Crippen LogP contribution in [0.2, 0.25) is 0 Å². The van der Waals surface area contributed by atoms with E-state index in [-0.39, 0.29) is 10.6 Å². The van der Waals surface area contributed by atoms with Crippen molar-refractivity contribution >= 4 is 33.0 Å². The Morgan fingerprint density at radius 3 is 2.33 bits per heavy atom. The Morgan fingerprint density at radius 1 is 0.889 bits per heavy atom. The monoisotopic (exact) mass is 516 g/mol. The van der Waals surface area contributed by atoms with Crippen molar-refractivity contribution < 1.29 is 23.1 Å². The third kappa shape index (κ3) is 5.02. The minimum Gasteiger partial charge on any atom is -0.477 e. The molecule has 0 aliphatic carbocycles. The number of benzene rings is 3. The van der Waals surface area contributed by atoms with Crippen LogP contribution in [0.1, 0.15) is 10.5 Å². The molecule has 3 N–H and O–H groups in total. The SMILES string of the molecule is O=C(O)c1ccc(-c2cc(NS(=O)(=O)c3ccccc3)ccc2Oc2ccc(-c3cccs3)cc2)[nH]1. The van der Waals surface area contributed by atoms with Gasteiger partial charge in [-0.2, -0.15) is 0 Å². The zero-order valence-corrected chi connectivity index (χ0v) is 20.3. The van der Waals surface area contributed by atoms with Gasteiger partial charge in [-0.25, -0.2) is 13.2 Å². The number of carboxylic acids is 1. The summed E-state index contributed by atoms with van der Waals surface area (Å²) in [5.41, 5.74) is 2.35. The number of anilines is 1. The van der Waals surface area contributed by atoms with Crippen LogP contribution in [0.25, 0.3) is 21.7 Å². The van der Waals surface area contributed by atoms with Gasteiger partial charge in [-0.1, -0.05) is 24.3 Å². The molecule has 0 radical (unpaired) electrons. The molecule has 0 saturated carbocycles. The molecule has 5 aromatic rings. The van der Waals surface area contributed by atoms with Gasteiger partial charge < -0.3 is 14.8 Å². The highest BCUT2D eigenvalue weighted by Gasteiger charge is 2.17. The summed E-state index contributed by atoms with van der Waals surface area (Å²) in [6.45, 7) is 0. The van der Waals surface area contributed by atoms with Gasteiger partial charge >= 0.3 is 5.97 Å². The number of aromatic carboxylic acids is 1. The minimum atomic E-state index is -3.81. The van der Waals surface area contributed by atoms with Gasteiger partial charge in [0.2, 0.25) is 0 Å². The molecule has 0 unspecified atom stereocenters. The van der Waals surface area contributed by atoms with Crippen LogP contribution in [-0.4, -0.2) is 24.5 Å². The fourth-order valence-corrected chi connectivity index (χ4v) is 5.44. The van der Waals surface area contributed by atoms with E-state index in [4.69, 9.17) is 4.74 Å². The fraction of sp³-hybridized carbons (Fsp3) is 0. The number of hydrogen-bond acceptors (Lipinski definition) is 5. The summed E-state index contributed by atoms with van der Waals surface area (Å²) in [5, 5.41) is 11.3. The number of carboxylic acid groups (broad SMARTS) is 1. The molecule has 3 aromatic carbocycles. The quantitative estimate of drug-likeness (QED) is 0.213. The van der Waals surface area contributed by atoms with E-state index < -0.39 is 16.0 Å². The maximum absolute atomic E-state index is 12.8. The summed E-state index contributed by atoms with van der Waals surface area (Å²) in [4.78, 5) is 15.5. The van der Waals surface area contributed by atoms with Gasteiger partial charge in [-0.3, -0.25) is 4.72 Å². The van der Waals surface area contributed by atoms with E-state index in [1.165, 1.54) is 18.2 Å². The van der Waals surface area contributed by atoms with Gasteiger partial charge in [0.15, 0.2) is 0 Å². The number of aromatic nitrogens is 1. The number of aromatic amines is 1. The van der Waals surface area contributed by atoms with Crippen molar-refractivity contribution in [1.82, 2.24) is 4.98 Å². The van der Waals surface area contributed by atoms with Gasteiger partial charge in [0.1, 0.15) is 17.2 Å². The molecule has 0 atom stereocenters. The van der Waals surface area contributed by atoms with Crippen LogP contribution >= 0.6 is 11.3 Å². The smallest absolute Gasteiger partial charge is 0.352 e. The van der Waals surface area contributed by atoms with Crippen LogP contribution < -0.4 is 9.46 Å². The second-order valence-electron chi connectivity index (χ2n) is 7.82. The molecule has 7 nitrogen and oxygen atoms in total. The van der Waals surface area contributed by atoms with Crippen molar-refractivity contribution in [3.8, 4) is 33.2 Å². The second-order valence-corrected chi connectivity index (χ2v) is 10.5. The summed E-state index contributed by atoms with van der Waals surface area (Å²) >= 11 is 1.65. The largest absolute Gasteiger partial charge is 0.477 e. The zero-order chi connectivity index (χ0) is 25.1. The predicted molar refractivity (Wildman–Crippen MR) is 140 cm³/mol. The third-order valence-electron chi connectivity index (χ3n) is 5.38. The molecule has 180 valence electrons. The number of thiophene rings is 1. The average molecular weight is 517 g/mol. The first kappa shape index (κ1) is 23.4. The maximum atomic E-state index is 12.8. The van der Waals surface area contributed by atoms with Crippen LogP contribution in [0.4, 0.5) is 5.69 Å². The Hall–Kier alpha value is -4.34. The van der Waals surface area contributed by atoms with E-state index in [9.17, 15) is 18.3 Å². The molecule has 0 amide bonds. The van der Waals surface area contributed by atoms with Gasteiger partial charge in [0, 0.05) is 21.8 Å². The maximum Gasteiger partial charge on any atom is 0.352 e. The van der Waals surface area contributed by atoms with E-state index in [1.54, 1.807) is 53.8 Å². The van der Waals surface area contributed by atoms with E-state index >= 15 is 0 Å². The van der Waals surface area contributed by atoms with E-state index in [2.05, 4.69) is 9.71 Å². The van der Waals surface area contributed by atoms with Crippen molar-refractivity contribution in [2.75, 3.05) is 4.72 Å². The predicted octanol–water partition coefficient (Wildman–Crippen LogP) is 6.70. The van der Waals surface area contributed by atoms with Crippen molar-refractivity contribution in [3.05, 3.63) is 108 Å². The van der Waals surface area contributed by atoms with Crippen molar-refractivity contribution in [2.45, 2.75) is 4.90 Å². The Kier molecular flexibility index (Phi) is 6.32. The van der Waals surface area contributed by atoms with Crippen LogP contribution in [0.5, 0.6) is 11.5 Å². The zero-order valence-electron chi connectivity index (χ0n) is 18.7. The standard InChI is InChI=1S/C27H20N2O5S2/c30-27(31)24-14-13-23(28-24)22-17-19(29-36(32,33)21-5-2-1-3-6-21)10-15-25(22)34-20-11-8-18(9-12-20)26-7-4-16-35-26/h1-17,28-29H,(H,30,31). The van der Waals surface area contributed by atoms with E-state index in [1.807, 2.05) is 41.8 Å². The number of sulfonamides is 1. The topological polar surface area (TPSA) is 108 Å². The second kappa shape index (κ2) is 9.73. The van der Waals surface area contributed by atoms with Gasteiger partial charge in [-0.05, 0) is 83.7 Å². The molecule has 9 heteroatoms. The number of hydrogen-bond donors (Lipinski definition) is 3. The van der Waals surface area contributed by atoms with Crippen molar-refractivity contribution in [3.63, 3.8) is 0 Å². The van der Waals surface area contributed by atoms with Crippen LogP contribution in [-0.2, 0) is 10.0 Å². The highest BCUT2D eigenvalue weighted by molar-refractivity contribution is 7.92. The number of H-pyrrole nitrogens is 1. The Balaban J connectivity index is 1.49. The number of nitrogens with one attached hydrogen (secondary N) is 2. The molecule has 0 spiro atoms. The molecule has 0 bridgehead atoms. The minimum absolute atomic E-state index is 0.00604. The summed E-state index contributed by atoms with van der Waals surface area (Å²) in [6, 6.07) is 27.6. The fourth-order valence-electron chi connectivity index (χ4n) is 3.64. The molecule has 5 rings (SSSR count). The van der Waals surface area contributed by atoms with Gasteiger partial charge in [-0.15, -0.1) is 11.3 Å². The average Bonchev–Trinajstić information content (AvgIpc) is 3.59. The van der Waals surface area contributed by atoms with Crippen LogP contribution in [0, 0.1) is 0 Å². The highest BCUT2D eigenvalue weighted by Crippen LogP contribution is 2.36. The molecular formula is C27H20N2O5S2. The lowest BCUT2D eigenvalue weighted by Crippen LogP contribution is -2.12. The molecule has 36 heavy (non-hydrogen) atoms. The Bertz CT molecular complexity index is 1610. The molecule has 0 aliphatic rings. The molecule has 2 heterocycles. The summed E-state index contributed by atoms with van der Waals surface area (Å²) in [7, 11) is -3.81. The first-order valence-corrected chi connectivity index (χ1v) is 13.2. The van der Waals surface area contributed by atoms with Gasteiger partial charge in [0.25, 0.3) is 10.0 Å². The van der Waals surface area contributed by atoms with E-state index in [0.717, 1.165) is 10.4 Å². The van der Waals surface area contributed by atoms with Crippen LogP contribution in [0.3, 0.4) is 0 Å². The number of carbonyl (C=O) groups is 1. The first-order chi connectivity index (χ1) is 17.4. The van der Waals surface area contributed by atoms with Gasteiger partial charge in [0.05, 0.1) is 4.90 Å². The lowest BCUT2D eigenvalue weighted by atomic mass is 10.1. The molecular weight excluding hydrogens is 496 g/mol. The Labute approximate surface area is 211 Å². The molecule has 0 aliphatic heterocycles. The lowest BCUT2D eigenvalue weighted by Gasteiger charge is -2.14. The summed E-state index contributed by atoms with van der Waals surface area (Å²) in [5.74, 6) is -0.0895. The highest BCUT2D eigenvalue weighted by atomic mass is 32.2. The van der Waals surface area contributed by atoms with Crippen molar-refractivity contribution in [1.29, 1.82) is 0 Å². The van der Waals surface area contributed by atoms with Crippen molar-refractivity contribution in [2.24, 2.45) is 0 Å². The number of ether oxygens (including phenoxy) is 1. The summed E-state index contributed by atoms with van der Waals surface area (Å²) in [6.07, 6.45) is 0. The summed E-state index contributed by atoms with van der Waals surface area (Å²) < 4.78 is 34.4. The lowest BCUT2D eigenvalue weighted by molar-refractivity contribution is 0.0691. The Morgan fingerprint density at radius 2 is 1.67 bits per heavy atom. The normalized spacial score (nSPS) is 11.2. The van der Waals surface area contributed by atoms with E-state index in [0.29, 0.717) is 28.4 Å². The van der Waals surface area contributed by atoms with Crippen LogP contribution in [0.15, 0.2) is 107 Å². The number of rotatable bonds is 8. The first-order valence-electron chi connectivity index (χ1n) is 10.9. The third-order valence-corrected chi connectivity index (χ3v) is 7.70. The molecule has 2 aromatic heterocycles.